The van der Waals surface area contributed by atoms with Crippen LogP contribution in [-0.4, -0.2) is 59.8 Å². The Kier molecular flexibility index (Phi) is 13.6. The third kappa shape index (κ3) is 10.1. The smallest absolute Gasteiger partial charge is 0.410 e. The number of hydrogen-bond acceptors (Lipinski definition) is 6. The zero-order valence-corrected chi connectivity index (χ0v) is 23.4. The minimum absolute atomic E-state index is 0.0398. The SMILES string of the molecule is C/C=C(\CCOc1ccc(CCC=O)c2c1CCN(C(=O)OC(C)C)C2)N=C(O)CC1=CC=CC=C=C1.CO. The molecule has 1 aromatic rings. The number of aryl methyl sites for hydroxylation is 1. The van der Waals surface area contributed by atoms with Crippen LogP contribution in [0.3, 0.4) is 0 Å². The molecule has 0 radical (unpaired) electrons. The molecule has 0 atom stereocenters. The van der Waals surface area contributed by atoms with Crippen LogP contribution in [0.25, 0.3) is 0 Å². The van der Waals surface area contributed by atoms with E-state index < -0.39 is 0 Å². The van der Waals surface area contributed by atoms with E-state index in [1.807, 2.05) is 69.4 Å². The molecular weight excluding hydrogens is 496 g/mol. The van der Waals surface area contributed by atoms with E-state index in [2.05, 4.69) is 10.7 Å². The molecule has 0 saturated carbocycles. The van der Waals surface area contributed by atoms with Crippen LogP contribution in [0, 0.1) is 0 Å². The van der Waals surface area contributed by atoms with Crippen LogP contribution in [0.1, 0.15) is 56.7 Å². The molecule has 2 aliphatic rings. The Hall–Kier alpha value is -3.87. The van der Waals surface area contributed by atoms with Gasteiger partial charge in [0.2, 0.25) is 0 Å². The molecule has 2 N–H and O–H groups in total. The lowest BCUT2D eigenvalue weighted by atomic mass is 9.92. The Labute approximate surface area is 231 Å². The summed E-state index contributed by atoms with van der Waals surface area (Å²) in [5.41, 5.74) is 7.83. The first-order chi connectivity index (χ1) is 18.9. The largest absolute Gasteiger partial charge is 0.496 e. The summed E-state index contributed by atoms with van der Waals surface area (Å²) in [4.78, 5) is 29.6. The number of hydrogen-bond donors (Lipinski definition) is 2. The summed E-state index contributed by atoms with van der Waals surface area (Å²) < 4.78 is 11.6. The van der Waals surface area contributed by atoms with Gasteiger partial charge >= 0.3 is 6.09 Å². The molecule has 8 heteroatoms. The molecule has 0 unspecified atom stereocenters. The summed E-state index contributed by atoms with van der Waals surface area (Å²) in [5, 5.41) is 17.4. The molecule has 0 spiro atoms. The van der Waals surface area contributed by atoms with Crippen molar-refractivity contribution in [3.63, 3.8) is 0 Å². The van der Waals surface area contributed by atoms with Crippen molar-refractivity contribution in [1.29, 1.82) is 0 Å². The molecule has 1 aliphatic heterocycles. The van der Waals surface area contributed by atoms with Gasteiger partial charge in [0.15, 0.2) is 5.90 Å². The highest BCUT2D eigenvalue weighted by Gasteiger charge is 2.26. The molecule has 0 saturated heterocycles. The van der Waals surface area contributed by atoms with Crippen LogP contribution in [0.2, 0.25) is 0 Å². The molecule has 1 aliphatic carbocycles. The molecule has 8 nitrogen and oxygen atoms in total. The van der Waals surface area contributed by atoms with E-state index in [0.717, 1.165) is 47.1 Å². The summed E-state index contributed by atoms with van der Waals surface area (Å²) in [6, 6.07) is 3.93. The monoisotopic (exact) mass is 536 g/mol. The average molecular weight is 537 g/mol. The van der Waals surface area contributed by atoms with Gasteiger partial charge in [0.1, 0.15) is 12.0 Å². The van der Waals surface area contributed by atoms with E-state index in [-0.39, 0.29) is 18.1 Å². The minimum atomic E-state index is -0.328. The van der Waals surface area contributed by atoms with Gasteiger partial charge in [-0.15, -0.1) is 5.73 Å². The number of fused-ring (bicyclic) bond motifs is 1. The number of carbonyl (C=O) groups excluding carboxylic acids is 2. The Bertz CT molecular complexity index is 1170. The zero-order valence-electron chi connectivity index (χ0n) is 23.4. The van der Waals surface area contributed by atoms with E-state index in [0.29, 0.717) is 51.8 Å². The van der Waals surface area contributed by atoms with Crippen LogP contribution in [0.4, 0.5) is 4.79 Å². The Morgan fingerprint density at radius 2 is 2.03 bits per heavy atom. The maximum atomic E-state index is 12.5. The van der Waals surface area contributed by atoms with Gasteiger partial charge in [-0.3, -0.25) is 0 Å². The second kappa shape index (κ2) is 16.9. The van der Waals surface area contributed by atoms with Crippen molar-refractivity contribution < 1.29 is 29.3 Å². The number of rotatable bonds is 11. The number of benzene rings is 1. The molecule has 0 aromatic heterocycles. The van der Waals surface area contributed by atoms with E-state index in [4.69, 9.17) is 14.6 Å². The summed E-state index contributed by atoms with van der Waals surface area (Å²) in [7, 11) is 1.00. The number of aliphatic hydroxyl groups excluding tert-OH is 2. The second-order valence-electron chi connectivity index (χ2n) is 9.18. The number of aliphatic hydroxyl groups is 2. The molecule has 1 aromatic carbocycles. The summed E-state index contributed by atoms with van der Waals surface area (Å²) in [6.45, 7) is 6.92. The number of ether oxygens (including phenoxy) is 2. The fraction of sp³-hybridized carbons (Fsp3) is 0.419. The predicted molar refractivity (Wildman–Crippen MR) is 153 cm³/mol. The highest BCUT2D eigenvalue weighted by molar-refractivity contribution is 5.78. The summed E-state index contributed by atoms with van der Waals surface area (Å²) >= 11 is 0. The Morgan fingerprint density at radius 3 is 2.74 bits per heavy atom. The maximum absolute atomic E-state index is 12.5. The summed E-state index contributed by atoms with van der Waals surface area (Å²) in [6.07, 6.45) is 14.2. The standard InChI is InChI=1S/C30H36N2O5.CH4O/c1-4-25(31-29(34)20-23-10-7-5-6-8-11-23)16-19-36-28-14-13-24(12-9-18-33)27-21-32(17-15-26(27)28)30(35)37-22(2)3;1-2/h4-7,10-11,13-14,18,22H,9,12,15-17,19-21H2,1-3H3,(H,31,34);2H,1H3/b25-4+;. The van der Waals surface area contributed by atoms with Crippen molar-refractivity contribution in [2.45, 2.75) is 65.5 Å². The number of carbonyl (C=O) groups is 2. The number of amides is 1. The third-order valence-electron chi connectivity index (χ3n) is 6.06. The number of aldehydes is 1. The first-order valence-electron chi connectivity index (χ1n) is 13.2. The molecule has 1 heterocycles. The van der Waals surface area contributed by atoms with Crippen LogP contribution in [0.5, 0.6) is 5.75 Å². The normalized spacial score (nSPS) is 14.7. The molecule has 1 amide bonds. The average Bonchev–Trinajstić information content (AvgIpc) is 3.20. The van der Waals surface area contributed by atoms with E-state index in [1.165, 1.54) is 0 Å². The lowest BCUT2D eigenvalue weighted by Crippen LogP contribution is -2.38. The summed E-state index contributed by atoms with van der Waals surface area (Å²) in [5.74, 6) is 0.815. The fourth-order valence-electron chi connectivity index (χ4n) is 4.25. The molecule has 210 valence electrons. The topological polar surface area (TPSA) is 109 Å². The molecular formula is C31H40N2O6. The van der Waals surface area contributed by atoms with Gasteiger partial charge in [-0.05, 0) is 68.5 Å². The van der Waals surface area contributed by atoms with Crippen LogP contribution >= 0.6 is 0 Å². The number of allylic oxidation sites excluding steroid dienone is 5. The van der Waals surface area contributed by atoms with Gasteiger partial charge in [0.05, 0.1) is 12.7 Å². The van der Waals surface area contributed by atoms with Crippen molar-refractivity contribution in [3.05, 3.63) is 82.3 Å². The van der Waals surface area contributed by atoms with Gasteiger partial charge < -0.3 is 29.4 Å². The first-order valence-corrected chi connectivity index (χ1v) is 13.2. The molecule has 0 bridgehead atoms. The lowest BCUT2D eigenvalue weighted by molar-refractivity contribution is -0.107. The van der Waals surface area contributed by atoms with Crippen molar-refractivity contribution in [2.75, 3.05) is 20.3 Å². The van der Waals surface area contributed by atoms with Crippen molar-refractivity contribution in [3.8, 4) is 5.75 Å². The Balaban J connectivity index is 0.00000260. The van der Waals surface area contributed by atoms with E-state index in [1.54, 1.807) is 4.90 Å². The van der Waals surface area contributed by atoms with E-state index in [9.17, 15) is 14.7 Å². The Morgan fingerprint density at radius 1 is 1.23 bits per heavy atom. The lowest BCUT2D eigenvalue weighted by Gasteiger charge is -2.31. The van der Waals surface area contributed by atoms with Crippen molar-refractivity contribution >= 4 is 18.3 Å². The van der Waals surface area contributed by atoms with Crippen LogP contribution < -0.4 is 4.74 Å². The highest BCUT2D eigenvalue weighted by atomic mass is 16.6. The van der Waals surface area contributed by atoms with Crippen molar-refractivity contribution in [1.82, 2.24) is 4.90 Å². The van der Waals surface area contributed by atoms with Gasteiger partial charge in [-0.2, -0.15) is 0 Å². The van der Waals surface area contributed by atoms with Gasteiger partial charge in [0, 0.05) is 50.7 Å². The fourth-order valence-corrected chi connectivity index (χ4v) is 4.25. The number of aliphatic imine (C=N–C) groups is 1. The van der Waals surface area contributed by atoms with Crippen molar-refractivity contribution in [2.24, 2.45) is 4.99 Å². The molecule has 3 rings (SSSR count). The van der Waals surface area contributed by atoms with Gasteiger partial charge in [0.25, 0.3) is 0 Å². The second-order valence-corrected chi connectivity index (χ2v) is 9.18. The molecule has 39 heavy (non-hydrogen) atoms. The van der Waals surface area contributed by atoms with E-state index >= 15 is 0 Å². The van der Waals surface area contributed by atoms with Crippen LogP contribution in [-0.2, 0) is 28.9 Å². The minimum Gasteiger partial charge on any atom is -0.496 e. The van der Waals surface area contributed by atoms with Gasteiger partial charge in [-0.25, -0.2) is 9.79 Å². The molecule has 0 fully saturated rings. The zero-order chi connectivity index (χ0) is 28.6. The first kappa shape index (κ1) is 31.3. The highest BCUT2D eigenvalue weighted by Crippen LogP contribution is 2.32. The number of nitrogens with zero attached hydrogens (tertiary/aromatic N) is 2. The quantitative estimate of drug-likeness (QED) is 0.166. The van der Waals surface area contributed by atoms with Gasteiger partial charge in [-0.1, -0.05) is 30.4 Å². The predicted octanol–water partition coefficient (Wildman–Crippen LogP) is 5.56. The van der Waals surface area contributed by atoms with Crippen LogP contribution in [0.15, 0.2) is 70.6 Å². The third-order valence-corrected chi connectivity index (χ3v) is 6.06. The maximum Gasteiger partial charge on any atom is 0.410 e.